The molecule has 0 saturated carbocycles. The number of hydrogen-bond donors (Lipinski definition) is 1. The third-order valence-electron chi connectivity index (χ3n) is 5.14. The van der Waals surface area contributed by atoms with Gasteiger partial charge in [0.2, 0.25) is 0 Å². The maximum Gasteiger partial charge on any atom is 0.193 e. The van der Waals surface area contributed by atoms with E-state index in [0.717, 1.165) is 38.0 Å². The molecule has 0 aliphatic carbocycles. The Kier molecular flexibility index (Phi) is 5.54. The van der Waals surface area contributed by atoms with Gasteiger partial charge < -0.3 is 14.8 Å². The number of rotatable bonds is 4. The third kappa shape index (κ3) is 4.05. The van der Waals surface area contributed by atoms with Crippen molar-refractivity contribution >= 4 is 5.96 Å². The van der Waals surface area contributed by atoms with E-state index in [4.69, 9.17) is 0 Å². The summed E-state index contributed by atoms with van der Waals surface area (Å²) in [5.41, 5.74) is 0. The summed E-state index contributed by atoms with van der Waals surface area (Å²) < 4.78 is 2.17. The Balaban J connectivity index is 1.46. The second-order valence-corrected chi connectivity index (χ2v) is 6.63. The number of hydrogen-bond acceptors (Lipinski definition) is 3. The second kappa shape index (κ2) is 7.81. The fraction of sp³-hybridized carbons (Fsp3) is 0.765. The topological polar surface area (TPSA) is 48.7 Å². The molecule has 1 aromatic rings. The molecule has 2 aliphatic rings. The quantitative estimate of drug-likeness (QED) is 0.672. The average molecular weight is 318 g/mol. The summed E-state index contributed by atoms with van der Waals surface area (Å²) in [5.74, 6) is 2.11. The van der Waals surface area contributed by atoms with E-state index in [-0.39, 0.29) is 0 Å². The van der Waals surface area contributed by atoms with Crippen LogP contribution in [-0.4, -0.2) is 71.1 Å². The summed E-state index contributed by atoms with van der Waals surface area (Å²) in [7, 11) is 1.89. The first kappa shape index (κ1) is 16.3. The Morgan fingerprint density at radius 2 is 2.13 bits per heavy atom. The average Bonchev–Trinajstić information content (AvgIpc) is 3.22. The smallest absolute Gasteiger partial charge is 0.193 e. The van der Waals surface area contributed by atoms with Gasteiger partial charge >= 0.3 is 0 Å². The minimum Gasteiger partial charge on any atom is -0.354 e. The lowest BCUT2D eigenvalue weighted by Crippen LogP contribution is -2.45. The number of imidazole rings is 1. The van der Waals surface area contributed by atoms with Crippen LogP contribution in [0.4, 0.5) is 0 Å². The Morgan fingerprint density at radius 3 is 2.83 bits per heavy atom. The summed E-state index contributed by atoms with van der Waals surface area (Å²) >= 11 is 0. The summed E-state index contributed by atoms with van der Waals surface area (Å²) in [4.78, 5) is 13.8. The molecule has 1 N–H and O–H groups in total. The van der Waals surface area contributed by atoms with Gasteiger partial charge in [0.1, 0.15) is 5.82 Å². The lowest BCUT2D eigenvalue weighted by atomic mass is 10.1. The Hall–Kier alpha value is -1.56. The maximum absolute atomic E-state index is 4.48. The summed E-state index contributed by atoms with van der Waals surface area (Å²) in [5, 5.41) is 3.51. The monoisotopic (exact) mass is 318 g/mol. The number of nitrogens with one attached hydrogen (secondary N) is 1. The zero-order valence-corrected chi connectivity index (χ0v) is 14.5. The van der Waals surface area contributed by atoms with Crippen LogP contribution in [0.15, 0.2) is 17.4 Å². The van der Waals surface area contributed by atoms with Crippen LogP contribution in [0.5, 0.6) is 0 Å². The molecule has 0 amide bonds. The van der Waals surface area contributed by atoms with Crippen LogP contribution in [0, 0.1) is 6.92 Å². The molecule has 3 rings (SSSR count). The molecule has 3 heterocycles. The molecule has 1 atom stereocenters. The molecule has 2 saturated heterocycles. The SMILES string of the molecule is CN=C(NCCn1ccnc1C)N1CCC(N2CCCCC2)C1. The summed E-state index contributed by atoms with van der Waals surface area (Å²) in [6.45, 7) is 8.64. The van der Waals surface area contributed by atoms with E-state index in [1.165, 1.54) is 38.8 Å². The van der Waals surface area contributed by atoms with Crippen molar-refractivity contribution in [2.45, 2.75) is 45.2 Å². The van der Waals surface area contributed by atoms with Gasteiger partial charge in [-0.2, -0.15) is 0 Å². The van der Waals surface area contributed by atoms with Crippen molar-refractivity contribution in [3.05, 3.63) is 18.2 Å². The maximum atomic E-state index is 4.48. The third-order valence-corrected chi connectivity index (χ3v) is 5.14. The van der Waals surface area contributed by atoms with Gasteiger partial charge in [-0.15, -0.1) is 0 Å². The highest BCUT2D eigenvalue weighted by molar-refractivity contribution is 5.80. The van der Waals surface area contributed by atoms with E-state index in [1.807, 2.05) is 26.4 Å². The fourth-order valence-corrected chi connectivity index (χ4v) is 3.78. The standard InChI is InChI=1S/C17H30N6/c1-15-19-7-12-21(15)13-8-20-17(18-2)23-11-6-16(14-23)22-9-4-3-5-10-22/h7,12,16H,3-6,8-11,13-14H2,1-2H3,(H,18,20). The van der Waals surface area contributed by atoms with Crippen LogP contribution in [0.3, 0.4) is 0 Å². The van der Waals surface area contributed by atoms with Crippen molar-refractivity contribution in [1.29, 1.82) is 0 Å². The van der Waals surface area contributed by atoms with Crippen LogP contribution in [0.2, 0.25) is 0 Å². The number of guanidine groups is 1. The van der Waals surface area contributed by atoms with E-state index < -0.39 is 0 Å². The predicted molar refractivity (Wildman–Crippen MR) is 93.7 cm³/mol. The zero-order chi connectivity index (χ0) is 16.1. The number of piperidine rings is 1. The molecule has 0 radical (unpaired) electrons. The minimum atomic E-state index is 0.713. The Morgan fingerprint density at radius 1 is 1.30 bits per heavy atom. The molecule has 6 nitrogen and oxygen atoms in total. The number of aromatic nitrogens is 2. The molecule has 1 unspecified atom stereocenters. The first-order valence-corrected chi connectivity index (χ1v) is 8.95. The van der Waals surface area contributed by atoms with E-state index in [2.05, 4.69) is 29.7 Å². The summed E-state index contributed by atoms with van der Waals surface area (Å²) in [6, 6.07) is 0.713. The van der Waals surface area contributed by atoms with Crippen LogP contribution in [0.25, 0.3) is 0 Å². The van der Waals surface area contributed by atoms with E-state index in [1.54, 1.807) is 0 Å². The number of nitrogens with zero attached hydrogens (tertiary/aromatic N) is 5. The van der Waals surface area contributed by atoms with Crippen LogP contribution < -0.4 is 5.32 Å². The molecule has 2 fully saturated rings. The molecule has 0 bridgehead atoms. The van der Waals surface area contributed by atoms with Gasteiger partial charge in [-0.1, -0.05) is 6.42 Å². The molecule has 2 aliphatic heterocycles. The lowest BCUT2D eigenvalue weighted by molar-refractivity contribution is 0.168. The van der Waals surface area contributed by atoms with Gasteiger partial charge in [-0.25, -0.2) is 4.98 Å². The zero-order valence-electron chi connectivity index (χ0n) is 14.5. The van der Waals surface area contributed by atoms with Gasteiger partial charge in [0.15, 0.2) is 5.96 Å². The van der Waals surface area contributed by atoms with Gasteiger partial charge in [-0.05, 0) is 39.3 Å². The number of aryl methyl sites for hydroxylation is 1. The molecule has 0 aromatic carbocycles. The van der Waals surface area contributed by atoms with E-state index in [0.29, 0.717) is 6.04 Å². The van der Waals surface area contributed by atoms with Gasteiger partial charge in [0, 0.05) is 51.7 Å². The Bertz CT molecular complexity index is 517. The normalized spacial score (nSPS) is 23.5. The molecular weight excluding hydrogens is 288 g/mol. The van der Waals surface area contributed by atoms with Crippen molar-refractivity contribution in [1.82, 2.24) is 24.7 Å². The van der Waals surface area contributed by atoms with Crippen LogP contribution in [-0.2, 0) is 6.54 Å². The predicted octanol–water partition coefficient (Wildman–Crippen LogP) is 1.33. The molecule has 128 valence electrons. The van der Waals surface area contributed by atoms with Gasteiger partial charge in [0.05, 0.1) is 0 Å². The minimum absolute atomic E-state index is 0.713. The number of likely N-dealkylation sites (tertiary alicyclic amines) is 2. The van der Waals surface area contributed by atoms with E-state index >= 15 is 0 Å². The first-order valence-electron chi connectivity index (χ1n) is 8.95. The first-order chi connectivity index (χ1) is 11.3. The lowest BCUT2D eigenvalue weighted by Gasteiger charge is -2.32. The van der Waals surface area contributed by atoms with Crippen molar-refractivity contribution in [3.8, 4) is 0 Å². The van der Waals surface area contributed by atoms with Crippen molar-refractivity contribution in [2.75, 3.05) is 39.8 Å². The molecule has 6 heteroatoms. The largest absolute Gasteiger partial charge is 0.354 e. The van der Waals surface area contributed by atoms with Crippen molar-refractivity contribution < 1.29 is 0 Å². The van der Waals surface area contributed by atoms with Crippen molar-refractivity contribution in [3.63, 3.8) is 0 Å². The molecule has 1 aromatic heterocycles. The highest BCUT2D eigenvalue weighted by Gasteiger charge is 2.29. The molecular formula is C17H30N6. The van der Waals surface area contributed by atoms with Crippen molar-refractivity contribution in [2.24, 2.45) is 4.99 Å². The second-order valence-electron chi connectivity index (χ2n) is 6.63. The Labute approximate surface area is 139 Å². The van der Waals surface area contributed by atoms with Gasteiger partial charge in [0.25, 0.3) is 0 Å². The van der Waals surface area contributed by atoms with Crippen LogP contribution >= 0.6 is 0 Å². The van der Waals surface area contributed by atoms with E-state index in [9.17, 15) is 0 Å². The van der Waals surface area contributed by atoms with Gasteiger partial charge in [-0.3, -0.25) is 9.89 Å². The highest BCUT2D eigenvalue weighted by Crippen LogP contribution is 2.20. The fourth-order valence-electron chi connectivity index (χ4n) is 3.78. The molecule has 0 spiro atoms. The van der Waals surface area contributed by atoms with Crippen LogP contribution in [0.1, 0.15) is 31.5 Å². The number of aliphatic imine (C=N–C) groups is 1. The summed E-state index contributed by atoms with van der Waals surface area (Å²) in [6.07, 6.45) is 9.29. The molecule has 23 heavy (non-hydrogen) atoms. The highest BCUT2D eigenvalue weighted by atomic mass is 15.3.